The molecule has 1 atom stereocenters. The van der Waals surface area contributed by atoms with Crippen molar-refractivity contribution in [3.63, 3.8) is 0 Å². The Morgan fingerprint density at radius 2 is 1.93 bits per heavy atom. The van der Waals surface area contributed by atoms with E-state index in [1.807, 2.05) is 42.2 Å². The van der Waals surface area contributed by atoms with Gasteiger partial charge in [-0.15, -0.1) is 0 Å². The second kappa shape index (κ2) is 7.56. The SMILES string of the molecule is CC(Sc1ccc(C(=O)N2CCCC2)cn1)C(=O)c1c[nH]c2ccccc12. The molecular formula is C21H21N3O2S. The first-order valence-corrected chi connectivity index (χ1v) is 10.0. The molecule has 0 radical (unpaired) electrons. The standard InChI is InChI=1S/C21H21N3O2S/c1-14(20(25)17-13-22-18-7-3-2-6-16(17)18)27-19-9-8-15(12-23-19)21(26)24-10-4-5-11-24/h2-3,6-9,12-14,22H,4-5,10-11H2,1H3. The summed E-state index contributed by atoms with van der Waals surface area (Å²) in [5, 5.41) is 1.42. The number of nitrogens with zero attached hydrogens (tertiary/aromatic N) is 2. The van der Waals surface area contributed by atoms with Gasteiger partial charge in [0.1, 0.15) is 0 Å². The molecule has 0 saturated carbocycles. The number of fused-ring (bicyclic) bond motifs is 1. The summed E-state index contributed by atoms with van der Waals surface area (Å²) in [6.45, 7) is 3.54. The van der Waals surface area contributed by atoms with Crippen molar-refractivity contribution in [2.75, 3.05) is 13.1 Å². The molecule has 3 heterocycles. The van der Waals surface area contributed by atoms with Crippen molar-refractivity contribution >= 4 is 34.4 Å². The molecule has 0 spiro atoms. The van der Waals surface area contributed by atoms with Crippen LogP contribution in [0.4, 0.5) is 0 Å². The number of para-hydroxylation sites is 1. The number of amides is 1. The first-order valence-electron chi connectivity index (χ1n) is 9.16. The van der Waals surface area contributed by atoms with Crippen LogP contribution >= 0.6 is 11.8 Å². The number of likely N-dealkylation sites (tertiary alicyclic amines) is 1. The van der Waals surface area contributed by atoms with Crippen molar-refractivity contribution in [1.82, 2.24) is 14.9 Å². The van der Waals surface area contributed by atoms with Gasteiger partial charge >= 0.3 is 0 Å². The third-order valence-corrected chi connectivity index (χ3v) is 5.95. The minimum absolute atomic E-state index is 0.0412. The molecule has 3 aromatic rings. The molecule has 0 aliphatic carbocycles. The van der Waals surface area contributed by atoms with Gasteiger partial charge in [0.05, 0.1) is 15.8 Å². The highest BCUT2D eigenvalue weighted by atomic mass is 32.2. The summed E-state index contributed by atoms with van der Waals surface area (Å²) < 4.78 is 0. The van der Waals surface area contributed by atoms with Gasteiger partial charge in [0, 0.05) is 41.9 Å². The van der Waals surface area contributed by atoms with Gasteiger partial charge in [-0.1, -0.05) is 30.0 Å². The van der Waals surface area contributed by atoms with Crippen LogP contribution in [0.15, 0.2) is 53.8 Å². The van der Waals surface area contributed by atoms with Crippen molar-refractivity contribution in [3.05, 3.63) is 59.9 Å². The maximum absolute atomic E-state index is 12.8. The lowest BCUT2D eigenvalue weighted by Gasteiger charge is -2.15. The molecule has 1 N–H and O–H groups in total. The number of aromatic amines is 1. The molecule has 0 bridgehead atoms. The molecule has 5 nitrogen and oxygen atoms in total. The predicted molar refractivity (Wildman–Crippen MR) is 107 cm³/mol. The fourth-order valence-electron chi connectivity index (χ4n) is 3.41. The average molecular weight is 379 g/mol. The molecule has 2 aromatic heterocycles. The van der Waals surface area contributed by atoms with Gasteiger partial charge in [-0.25, -0.2) is 4.98 Å². The fourth-order valence-corrected chi connectivity index (χ4v) is 4.26. The van der Waals surface area contributed by atoms with Crippen molar-refractivity contribution in [3.8, 4) is 0 Å². The summed E-state index contributed by atoms with van der Waals surface area (Å²) >= 11 is 1.41. The highest BCUT2D eigenvalue weighted by molar-refractivity contribution is 8.00. The number of carbonyl (C=O) groups excluding carboxylic acids is 2. The Kier molecular flexibility index (Phi) is 4.99. The number of H-pyrrole nitrogens is 1. The number of carbonyl (C=O) groups is 2. The minimum atomic E-state index is -0.267. The summed E-state index contributed by atoms with van der Waals surface area (Å²) in [6, 6.07) is 11.4. The molecule has 6 heteroatoms. The molecule has 4 rings (SSSR count). The molecule has 1 aliphatic heterocycles. The Labute approximate surface area is 162 Å². The van der Waals surface area contributed by atoms with Crippen molar-refractivity contribution < 1.29 is 9.59 Å². The van der Waals surface area contributed by atoms with E-state index in [2.05, 4.69) is 9.97 Å². The van der Waals surface area contributed by atoms with Crippen LogP contribution in [0.1, 0.15) is 40.5 Å². The van der Waals surface area contributed by atoms with Crippen molar-refractivity contribution in [2.24, 2.45) is 0 Å². The second-order valence-corrected chi connectivity index (χ2v) is 8.12. The largest absolute Gasteiger partial charge is 0.360 e. The van der Waals surface area contributed by atoms with Gasteiger partial charge in [0.25, 0.3) is 5.91 Å². The van der Waals surface area contributed by atoms with Crippen LogP contribution in [-0.4, -0.2) is 44.9 Å². The smallest absolute Gasteiger partial charge is 0.255 e. The Morgan fingerprint density at radius 3 is 2.67 bits per heavy atom. The van der Waals surface area contributed by atoms with E-state index in [1.165, 1.54) is 11.8 Å². The summed E-state index contributed by atoms with van der Waals surface area (Å²) in [5.74, 6) is 0.107. The van der Waals surface area contributed by atoms with E-state index in [1.54, 1.807) is 18.5 Å². The van der Waals surface area contributed by atoms with Crippen molar-refractivity contribution in [1.29, 1.82) is 0 Å². The highest BCUT2D eigenvalue weighted by Gasteiger charge is 2.22. The molecule has 1 amide bonds. The molecule has 1 unspecified atom stereocenters. The van der Waals surface area contributed by atoms with Crippen LogP contribution < -0.4 is 0 Å². The molecule has 1 aliphatic rings. The molecule has 27 heavy (non-hydrogen) atoms. The molecule has 1 aromatic carbocycles. The molecular weight excluding hydrogens is 358 g/mol. The van der Waals surface area contributed by atoms with Crippen LogP contribution in [0.25, 0.3) is 10.9 Å². The van der Waals surface area contributed by atoms with Crippen LogP contribution in [-0.2, 0) is 0 Å². The van der Waals surface area contributed by atoms with E-state index in [9.17, 15) is 9.59 Å². The Hall–Kier alpha value is -2.60. The van der Waals surface area contributed by atoms with Crippen LogP contribution in [0.3, 0.4) is 0 Å². The predicted octanol–water partition coefficient (Wildman–Crippen LogP) is 4.16. The Morgan fingerprint density at radius 1 is 1.15 bits per heavy atom. The maximum Gasteiger partial charge on any atom is 0.255 e. The number of nitrogens with one attached hydrogen (secondary N) is 1. The Balaban J connectivity index is 1.45. The first kappa shape index (κ1) is 17.8. The molecule has 1 fully saturated rings. The fraction of sp³-hybridized carbons (Fsp3) is 0.286. The van der Waals surface area contributed by atoms with E-state index in [0.29, 0.717) is 11.1 Å². The summed E-state index contributed by atoms with van der Waals surface area (Å²) in [6.07, 6.45) is 5.53. The lowest BCUT2D eigenvalue weighted by molar-refractivity contribution is 0.0792. The average Bonchev–Trinajstić information content (AvgIpc) is 3.37. The summed E-state index contributed by atoms with van der Waals surface area (Å²) in [4.78, 5) is 34.6. The number of hydrogen-bond donors (Lipinski definition) is 1. The molecule has 1 saturated heterocycles. The van der Waals surface area contributed by atoms with Gasteiger partial charge in [-0.2, -0.15) is 0 Å². The van der Waals surface area contributed by atoms with Crippen LogP contribution in [0.2, 0.25) is 0 Å². The first-order chi connectivity index (χ1) is 13.1. The number of thioether (sulfide) groups is 1. The van der Waals surface area contributed by atoms with Gasteiger partial charge in [0.2, 0.25) is 0 Å². The molecule has 138 valence electrons. The Bertz CT molecular complexity index is 975. The van der Waals surface area contributed by atoms with Crippen LogP contribution in [0, 0.1) is 0 Å². The maximum atomic E-state index is 12.8. The van der Waals surface area contributed by atoms with Gasteiger partial charge in [-0.05, 0) is 38.0 Å². The lowest BCUT2D eigenvalue weighted by atomic mass is 10.1. The number of pyridine rings is 1. The quantitative estimate of drug-likeness (QED) is 0.534. The van der Waals surface area contributed by atoms with Crippen molar-refractivity contribution in [2.45, 2.75) is 30.0 Å². The zero-order chi connectivity index (χ0) is 18.8. The van der Waals surface area contributed by atoms with Crippen LogP contribution in [0.5, 0.6) is 0 Å². The number of Topliss-reactive ketones (excluding diaryl/α,β-unsaturated/α-hetero) is 1. The van der Waals surface area contributed by atoms with Gasteiger partial charge in [0.15, 0.2) is 5.78 Å². The zero-order valence-corrected chi connectivity index (χ0v) is 16.0. The third kappa shape index (κ3) is 3.62. The number of aromatic nitrogens is 2. The normalized spacial score (nSPS) is 15.2. The van der Waals surface area contributed by atoms with E-state index < -0.39 is 0 Å². The summed E-state index contributed by atoms with van der Waals surface area (Å²) in [5.41, 5.74) is 2.27. The lowest BCUT2D eigenvalue weighted by Crippen LogP contribution is -2.27. The van der Waals surface area contributed by atoms with E-state index in [-0.39, 0.29) is 16.9 Å². The number of ketones is 1. The van der Waals surface area contributed by atoms with Gasteiger partial charge in [-0.3, -0.25) is 9.59 Å². The zero-order valence-electron chi connectivity index (χ0n) is 15.1. The van der Waals surface area contributed by atoms with E-state index in [0.717, 1.165) is 41.9 Å². The number of benzene rings is 1. The monoisotopic (exact) mass is 379 g/mol. The topological polar surface area (TPSA) is 66.1 Å². The van der Waals surface area contributed by atoms with Gasteiger partial charge < -0.3 is 9.88 Å². The minimum Gasteiger partial charge on any atom is -0.360 e. The van der Waals surface area contributed by atoms with E-state index in [4.69, 9.17) is 0 Å². The highest BCUT2D eigenvalue weighted by Crippen LogP contribution is 2.27. The second-order valence-electron chi connectivity index (χ2n) is 6.76. The summed E-state index contributed by atoms with van der Waals surface area (Å²) in [7, 11) is 0. The third-order valence-electron chi connectivity index (χ3n) is 4.90. The number of rotatable bonds is 5. The number of hydrogen-bond acceptors (Lipinski definition) is 4. The van der Waals surface area contributed by atoms with E-state index >= 15 is 0 Å².